The van der Waals surface area contributed by atoms with Crippen molar-refractivity contribution in [2.24, 2.45) is 0 Å². The van der Waals surface area contributed by atoms with Crippen molar-refractivity contribution in [3.8, 4) is 0 Å². The molecule has 2 aromatic rings. The number of aromatic nitrogens is 1. The Labute approximate surface area is 107 Å². The summed E-state index contributed by atoms with van der Waals surface area (Å²) in [6.45, 7) is 3.01. The fourth-order valence-corrected chi connectivity index (χ4v) is 1.99. The maximum Gasteiger partial charge on any atom is 0.418 e. The number of nitrogens with zero attached hydrogens (tertiary/aromatic N) is 1. The van der Waals surface area contributed by atoms with Gasteiger partial charge in [0.05, 0.1) is 16.7 Å². The Morgan fingerprint density at radius 3 is 2.16 bits per heavy atom. The zero-order chi connectivity index (χ0) is 14.4. The summed E-state index contributed by atoms with van der Waals surface area (Å²) in [6, 6.07) is 5.04. The summed E-state index contributed by atoms with van der Waals surface area (Å²) >= 11 is 0. The molecule has 2 rings (SSSR count). The van der Waals surface area contributed by atoms with Gasteiger partial charge in [0.15, 0.2) is 0 Å². The van der Waals surface area contributed by atoms with Crippen LogP contribution < -0.4 is 5.73 Å². The first kappa shape index (κ1) is 13.6. The summed E-state index contributed by atoms with van der Waals surface area (Å²) in [5, 5.41) is 10.3. The first-order valence-corrected chi connectivity index (χ1v) is 5.60. The molecular weight excluding hydrogens is 257 g/mol. The average molecular weight is 270 g/mol. The molecule has 0 unspecified atom stereocenters. The second kappa shape index (κ2) is 4.09. The molecule has 0 fully saturated rings. The van der Waals surface area contributed by atoms with E-state index in [1.807, 2.05) is 0 Å². The Hall–Kier alpha value is -1.82. The van der Waals surface area contributed by atoms with Gasteiger partial charge in [-0.1, -0.05) is 6.07 Å². The van der Waals surface area contributed by atoms with Crippen molar-refractivity contribution in [2.45, 2.75) is 25.6 Å². The fraction of sp³-hybridized carbons (Fsp3) is 0.308. The molecule has 1 aromatic carbocycles. The van der Waals surface area contributed by atoms with Crippen LogP contribution in [0.2, 0.25) is 0 Å². The van der Waals surface area contributed by atoms with Gasteiger partial charge in [-0.2, -0.15) is 13.2 Å². The van der Waals surface area contributed by atoms with Crippen LogP contribution in [0.15, 0.2) is 24.3 Å². The molecule has 0 bridgehead atoms. The van der Waals surface area contributed by atoms with E-state index in [1.54, 1.807) is 0 Å². The van der Waals surface area contributed by atoms with E-state index in [-0.39, 0.29) is 16.7 Å². The lowest BCUT2D eigenvalue weighted by molar-refractivity contribution is -0.136. The molecule has 19 heavy (non-hydrogen) atoms. The number of fused-ring (bicyclic) bond motifs is 1. The van der Waals surface area contributed by atoms with E-state index < -0.39 is 17.3 Å². The third kappa shape index (κ3) is 2.49. The largest absolute Gasteiger partial charge is 0.418 e. The van der Waals surface area contributed by atoms with Crippen molar-refractivity contribution < 1.29 is 18.3 Å². The summed E-state index contributed by atoms with van der Waals surface area (Å²) in [4.78, 5) is 3.76. The van der Waals surface area contributed by atoms with Crippen LogP contribution in [0.25, 0.3) is 10.9 Å². The zero-order valence-electron chi connectivity index (χ0n) is 10.4. The second-order valence-corrected chi connectivity index (χ2v) is 4.85. The molecule has 102 valence electrons. The SMILES string of the molecule is CC(C)(O)c1ccc(C(F)(F)F)c2nc(N)ccc12. The van der Waals surface area contributed by atoms with Crippen LogP contribution in [0.3, 0.4) is 0 Å². The minimum absolute atomic E-state index is 0.00546. The Balaban J connectivity index is 2.88. The highest BCUT2D eigenvalue weighted by molar-refractivity contribution is 5.87. The van der Waals surface area contributed by atoms with Crippen molar-refractivity contribution in [3.63, 3.8) is 0 Å². The van der Waals surface area contributed by atoms with E-state index >= 15 is 0 Å². The second-order valence-electron chi connectivity index (χ2n) is 4.85. The molecule has 0 spiro atoms. The van der Waals surface area contributed by atoms with E-state index in [2.05, 4.69) is 4.98 Å². The Morgan fingerprint density at radius 2 is 1.63 bits per heavy atom. The number of alkyl halides is 3. The predicted molar refractivity (Wildman–Crippen MR) is 66.4 cm³/mol. The number of halogens is 3. The Morgan fingerprint density at radius 1 is 1.05 bits per heavy atom. The van der Waals surface area contributed by atoms with Gasteiger partial charge in [0.1, 0.15) is 5.82 Å². The van der Waals surface area contributed by atoms with Gasteiger partial charge in [-0.3, -0.25) is 0 Å². The van der Waals surface area contributed by atoms with Crippen molar-refractivity contribution in [1.29, 1.82) is 0 Å². The quantitative estimate of drug-likeness (QED) is 0.837. The third-order valence-corrected chi connectivity index (χ3v) is 2.84. The summed E-state index contributed by atoms with van der Waals surface area (Å²) in [6.07, 6.45) is -4.52. The molecule has 1 heterocycles. The van der Waals surface area contributed by atoms with Crippen LogP contribution in [-0.2, 0) is 11.8 Å². The molecule has 0 aliphatic carbocycles. The Bertz CT molecular complexity index is 630. The summed E-state index contributed by atoms with van der Waals surface area (Å²) in [5.74, 6) is 0.00546. The van der Waals surface area contributed by atoms with Crippen molar-refractivity contribution in [2.75, 3.05) is 5.73 Å². The van der Waals surface area contributed by atoms with Crippen LogP contribution in [-0.4, -0.2) is 10.1 Å². The van der Waals surface area contributed by atoms with Gasteiger partial charge in [-0.15, -0.1) is 0 Å². The first-order valence-electron chi connectivity index (χ1n) is 5.60. The maximum atomic E-state index is 12.9. The number of anilines is 1. The summed E-state index contributed by atoms with van der Waals surface area (Å²) in [5.41, 5.74) is 3.47. The predicted octanol–water partition coefficient (Wildman–Crippen LogP) is 3.06. The number of pyridine rings is 1. The van der Waals surface area contributed by atoms with Gasteiger partial charge < -0.3 is 10.8 Å². The van der Waals surface area contributed by atoms with Crippen LogP contribution in [0.4, 0.5) is 19.0 Å². The number of hydrogen-bond acceptors (Lipinski definition) is 3. The van der Waals surface area contributed by atoms with Crippen LogP contribution in [0.5, 0.6) is 0 Å². The van der Waals surface area contributed by atoms with Crippen LogP contribution in [0, 0.1) is 0 Å². The van der Waals surface area contributed by atoms with Gasteiger partial charge >= 0.3 is 6.18 Å². The molecule has 0 radical (unpaired) electrons. The number of hydrogen-bond donors (Lipinski definition) is 2. The van der Waals surface area contributed by atoms with Gasteiger partial charge in [0, 0.05) is 5.39 Å². The highest BCUT2D eigenvalue weighted by Gasteiger charge is 2.34. The number of aliphatic hydroxyl groups is 1. The maximum absolute atomic E-state index is 12.9. The van der Waals surface area contributed by atoms with Gasteiger partial charge in [0.2, 0.25) is 0 Å². The molecule has 0 aliphatic heterocycles. The van der Waals surface area contributed by atoms with Crippen molar-refractivity contribution in [1.82, 2.24) is 4.98 Å². The molecule has 3 N–H and O–H groups in total. The molecule has 0 saturated carbocycles. The number of rotatable bonds is 1. The van der Waals surface area contributed by atoms with Crippen LogP contribution in [0.1, 0.15) is 25.0 Å². The number of nitrogens with two attached hydrogens (primary N) is 1. The zero-order valence-corrected chi connectivity index (χ0v) is 10.4. The molecule has 1 aromatic heterocycles. The molecule has 0 amide bonds. The standard InChI is InChI=1S/C13H13F3N2O/c1-12(2,19)8-4-5-9(13(14,15)16)11-7(8)3-6-10(17)18-11/h3-6,19H,1-2H3,(H2,17,18). The van der Waals surface area contributed by atoms with Gasteiger partial charge in [-0.25, -0.2) is 4.98 Å². The molecule has 0 saturated heterocycles. The molecule has 0 aliphatic rings. The number of benzene rings is 1. The molecular formula is C13H13F3N2O. The topological polar surface area (TPSA) is 59.1 Å². The normalized spacial score (nSPS) is 12.9. The fourth-order valence-electron chi connectivity index (χ4n) is 1.99. The highest BCUT2D eigenvalue weighted by atomic mass is 19.4. The van der Waals surface area contributed by atoms with E-state index in [0.29, 0.717) is 5.56 Å². The number of nitrogen functional groups attached to an aromatic ring is 1. The third-order valence-electron chi connectivity index (χ3n) is 2.84. The minimum Gasteiger partial charge on any atom is -0.386 e. The minimum atomic E-state index is -4.52. The molecule has 3 nitrogen and oxygen atoms in total. The first-order chi connectivity index (χ1) is 8.60. The van der Waals surface area contributed by atoms with E-state index in [4.69, 9.17) is 5.73 Å². The highest BCUT2D eigenvalue weighted by Crippen LogP contribution is 2.37. The molecule has 0 atom stereocenters. The monoisotopic (exact) mass is 270 g/mol. The van der Waals surface area contributed by atoms with Gasteiger partial charge in [0.25, 0.3) is 0 Å². The van der Waals surface area contributed by atoms with Crippen molar-refractivity contribution >= 4 is 16.7 Å². The van der Waals surface area contributed by atoms with E-state index in [0.717, 1.165) is 6.07 Å². The van der Waals surface area contributed by atoms with E-state index in [1.165, 1.54) is 32.0 Å². The molecule has 6 heteroatoms. The van der Waals surface area contributed by atoms with Gasteiger partial charge in [-0.05, 0) is 37.6 Å². The lowest BCUT2D eigenvalue weighted by Crippen LogP contribution is -2.17. The van der Waals surface area contributed by atoms with Crippen LogP contribution >= 0.6 is 0 Å². The lowest BCUT2D eigenvalue weighted by Gasteiger charge is -2.21. The summed E-state index contributed by atoms with van der Waals surface area (Å²) < 4.78 is 38.8. The smallest absolute Gasteiger partial charge is 0.386 e. The lowest BCUT2D eigenvalue weighted by atomic mass is 9.92. The van der Waals surface area contributed by atoms with E-state index in [9.17, 15) is 18.3 Å². The average Bonchev–Trinajstić information content (AvgIpc) is 2.24. The van der Waals surface area contributed by atoms with Crippen molar-refractivity contribution in [3.05, 3.63) is 35.4 Å². The summed E-state index contributed by atoms with van der Waals surface area (Å²) in [7, 11) is 0. The Kier molecular flexibility index (Phi) is 2.93.